The van der Waals surface area contributed by atoms with E-state index >= 15 is 0 Å². The zero-order valence-electron chi connectivity index (χ0n) is 21.0. The third-order valence-corrected chi connectivity index (χ3v) is 7.47. The molecule has 194 valence electrons. The Morgan fingerprint density at radius 2 is 2.08 bits per heavy atom. The summed E-state index contributed by atoms with van der Waals surface area (Å²) in [7, 11) is 0. The number of nitrogens with zero attached hydrogens (tertiary/aromatic N) is 4. The van der Waals surface area contributed by atoms with Gasteiger partial charge in [-0.15, -0.1) is 0 Å². The largest absolute Gasteiger partial charge is 0.387 e. The number of halogens is 1. The molecule has 0 bridgehead atoms. The molecule has 3 N–H and O–H groups in total. The summed E-state index contributed by atoms with van der Waals surface area (Å²) in [5.74, 6) is -0.468. The van der Waals surface area contributed by atoms with Crippen LogP contribution >= 0.6 is 0 Å². The van der Waals surface area contributed by atoms with Gasteiger partial charge < -0.3 is 20.5 Å². The van der Waals surface area contributed by atoms with Crippen molar-refractivity contribution in [3.8, 4) is 17.5 Å². The Morgan fingerprint density at radius 3 is 2.73 bits per heavy atom. The van der Waals surface area contributed by atoms with Crippen molar-refractivity contribution < 1.29 is 19.0 Å². The number of aliphatic hydroxyl groups is 1. The molecule has 9 nitrogen and oxygen atoms in total. The third-order valence-electron chi connectivity index (χ3n) is 7.47. The Hall–Kier alpha value is -3.55. The van der Waals surface area contributed by atoms with Crippen molar-refractivity contribution in [2.75, 3.05) is 25.1 Å². The van der Waals surface area contributed by atoms with Crippen LogP contribution in [0.5, 0.6) is 0 Å². The number of nitriles is 1. The molecule has 1 saturated heterocycles. The first-order valence-electron chi connectivity index (χ1n) is 12.5. The van der Waals surface area contributed by atoms with E-state index in [2.05, 4.69) is 26.8 Å². The minimum absolute atomic E-state index is 0.179. The second kappa shape index (κ2) is 9.72. The number of hydrogen-bond donors (Lipinski definition) is 3. The van der Waals surface area contributed by atoms with E-state index in [9.17, 15) is 14.3 Å². The Bertz CT molecular complexity index is 1340. The van der Waals surface area contributed by atoms with E-state index in [1.54, 1.807) is 10.6 Å². The van der Waals surface area contributed by atoms with Gasteiger partial charge in [-0.2, -0.15) is 10.4 Å². The van der Waals surface area contributed by atoms with Crippen LogP contribution in [0.2, 0.25) is 0 Å². The van der Waals surface area contributed by atoms with Crippen molar-refractivity contribution >= 4 is 17.1 Å². The van der Waals surface area contributed by atoms with Gasteiger partial charge in [0, 0.05) is 17.7 Å². The predicted molar refractivity (Wildman–Crippen MR) is 136 cm³/mol. The van der Waals surface area contributed by atoms with E-state index in [1.165, 1.54) is 26.2 Å². The number of nitrogens with one attached hydrogen (secondary N) is 2. The van der Waals surface area contributed by atoms with Crippen molar-refractivity contribution in [2.45, 2.75) is 57.3 Å². The highest BCUT2D eigenvalue weighted by Gasteiger charge is 2.41. The number of aromatic nitrogens is 3. The summed E-state index contributed by atoms with van der Waals surface area (Å²) in [6.45, 7) is 4.06. The lowest BCUT2D eigenvalue weighted by molar-refractivity contribution is -0.131. The van der Waals surface area contributed by atoms with Gasteiger partial charge in [-0.05, 0) is 63.8 Å². The van der Waals surface area contributed by atoms with Gasteiger partial charge in [0.1, 0.15) is 12.2 Å². The fourth-order valence-electron chi connectivity index (χ4n) is 4.95. The molecule has 37 heavy (non-hydrogen) atoms. The lowest BCUT2D eigenvalue weighted by Crippen LogP contribution is -2.47. The van der Waals surface area contributed by atoms with Crippen molar-refractivity contribution in [3.05, 3.63) is 47.8 Å². The van der Waals surface area contributed by atoms with Crippen LogP contribution in [0.15, 0.2) is 36.7 Å². The Morgan fingerprint density at radius 1 is 1.32 bits per heavy atom. The number of hydrogen-bond acceptors (Lipinski definition) is 7. The first-order valence-corrected chi connectivity index (χ1v) is 12.5. The van der Waals surface area contributed by atoms with Crippen LogP contribution < -0.4 is 10.6 Å². The molecule has 3 aromatic rings. The molecule has 1 spiro atoms. The van der Waals surface area contributed by atoms with Crippen molar-refractivity contribution in [2.24, 2.45) is 5.41 Å². The fraction of sp³-hybridized carbons (Fsp3) is 0.481. The molecule has 0 radical (unpaired) electrons. The second-order valence-corrected chi connectivity index (χ2v) is 10.8. The lowest BCUT2D eigenvalue weighted by Gasteiger charge is -2.46. The van der Waals surface area contributed by atoms with E-state index < -0.39 is 17.7 Å². The molecule has 1 atom stereocenters. The number of alkyl halides is 1. The van der Waals surface area contributed by atoms with Gasteiger partial charge >= 0.3 is 0 Å². The smallest absolute Gasteiger partial charge is 0.255 e. The number of amides is 1. The average Bonchev–Trinajstić information content (AvgIpc) is 3.29. The van der Waals surface area contributed by atoms with E-state index in [0.717, 1.165) is 50.1 Å². The van der Waals surface area contributed by atoms with Gasteiger partial charge in [-0.3, -0.25) is 9.78 Å². The number of ether oxygens (including phenoxy) is 1. The van der Waals surface area contributed by atoms with E-state index in [0.29, 0.717) is 27.9 Å². The van der Waals surface area contributed by atoms with Crippen LogP contribution in [0.1, 0.15) is 55.5 Å². The molecule has 1 unspecified atom stereocenters. The number of carbonyl (C=O) groups is 1. The molecule has 1 amide bonds. The molecule has 1 saturated carbocycles. The van der Waals surface area contributed by atoms with Gasteiger partial charge in [0.15, 0.2) is 0 Å². The zero-order chi connectivity index (χ0) is 26.2. The maximum atomic E-state index is 14.3. The zero-order valence-corrected chi connectivity index (χ0v) is 21.0. The summed E-state index contributed by atoms with van der Waals surface area (Å²) in [6.07, 6.45) is 5.41. The van der Waals surface area contributed by atoms with Crippen LogP contribution in [0, 0.1) is 16.7 Å². The highest BCUT2D eigenvalue weighted by atomic mass is 19.1. The fourth-order valence-corrected chi connectivity index (χ4v) is 4.95. The average molecular weight is 507 g/mol. The van der Waals surface area contributed by atoms with Gasteiger partial charge in [0.2, 0.25) is 0 Å². The molecule has 1 aliphatic heterocycles. The summed E-state index contributed by atoms with van der Waals surface area (Å²) in [4.78, 5) is 17.6. The lowest BCUT2D eigenvalue weighted by atomic mass is 9.71. The molecule has 1 aliphatic carbocycles. The number of carbonyl (C=O) groups excluding carboxylic acids is 1. The van der Waals surface area contributed by atoms with Crippen LogP contribution in [0.3, 0.4) is 0 Å². The number of anilines is 1. The Labute approximate surface area is 214 Å². The summed E-state index contributed by atoms with van der Waals surface area (Å²) in [5.41, 5.74) is 2.19. The molecule has 3 aromatic heterocycles. The second-order valence-electron chi connectivity index (χ2n) is 10.8. The minimum Gasteiger partial charge on any atom is -0.387 e. The number of pyridine rings is 1. The normalized spacial score (nSPS) is 18.2. The monoisotopic (exact) mass is 506 g/mol. The molecule has 4 heterocycles. The molecular formula is C27H31FN6O3. The molecular weight excluding hydrogens is 475 g/mol. The maximum Gasteiger partial charge on any atom is 0.255 e. The van der Waals surface area contributed by atoms with Crippen molar-refractivity contribution in [1.82, 2.24) is 19.9 Å². The Balaban J connectivity index is 1.42. The standard InChI is InChI=1S/C27H31FN6O3/c1-26(2,36)24(28)14-31-25(35)20-13-30-22(23-4-3-19-9-17(11-29)12-32-34(19)23)10-21(20)33-18-5-7-27(8-6-18)15-37-16-27/h3-4,9-10,12-13,18,24,36H,5-8,14-16H2,1-2H3,(H,30,33)(H,31,35). The first-order chi connectivity index (χ1) is 17.7. The Kier molecular flexibility index (Phi) is 6.60. The minimum atomic E-state index is -1.62. The highest BCUT2D eigenvalue weighted by molar-refractivity contribution is 6.00. The molecule has 0 aromatic carbocycles. The van der Waals surface area contributed by atoms with Gasteiger partial charge in [-0.1, -0.05) is 0 Å². The van der Waals surface area contributed by atoms with Gasteiger partial charge in [0.25, 0.3) is 5.91 Å². The van der Waals surface area contributed by atoms with Gasteiger partial charge in [0.05, 0.1) is 65.3 Å². The topological polar surface area (TPSA) is 125 Å². The summed E-state index contributed by atoms with van der Waals surface area (Å²) < 4.78 is 21.4. The van der Waals surface area contributed by atoms with Crippen LogP contribution in [0.4, 0.5) is 10.1 Å². The molecule has 10 heteroatoms. The van der Waals surface area contributed by atoms with Crippen molar-refractivity contribution in [1.29, 1.82) is 5.26 Å². The third kappa shape index (κ3) is 5.15. The summed E-state index contributed by atoms with van der Waals surface area (Å²) in [6, 6.07) is 9.56. The molecule has 2 aliphatic rings. The van der Waals surface area contributed by atoms with E-state index in [1.807, 2.05) is 18.2 Å². The number of fused-ring (bicyclic) bond motifs is 1. The van der Waals surface area contributed by atoms with Gasteiger partial charge in [-0.25, -0.2) is 8.91 Å². The summed E-state index contributed by atoms with van der Waals surface area (Å²) >= 11 is 0. The van der Waals surface area contributed by atoms with Crippen LogP contribution in [0.25, 0.3) is 16.9 Å². The van der Waals surface area contributed by atoms with E-state index in [-0.39, 0.29) is 12.6 Å². The van der Waals surface area contributed by atoms with Crippen LogP contribution in [-0.2, 0) is 4.74 Å². The van der Waals surface area contributed by atoms with Crippen LogP contribution in [-0.4, -0.2) is 63.2 Å². The predicted octanol–water partition coefficient (Wildman–Crippen LogP) is 3.48. The van der Waals surface area contributed by atoms with E-state index in [4.69, 9.17) is 10.00 Å². The maximum absolute atomic E-state index is 14.3. The SMILES string of the molecule is CC(C)(O)C(F)CNC(=O)c1cnc(-c2ccc3cc(C#N)cnn23)cc1NC1CCC2(CC1)COC2. The van der Waals surface area contributed by atoms with Crippen molar-refractivity contribution in [3.63, 3.8) is 0 Å². The quantitative estimate of drug-likeness (QED) is 0.448. The summed E-state index contributed by atoms with van der Waals surface area (Å²) in [5, 5.41) is 29.6. The highest BCUT2D eigenvalue weighted by Crippen LogP contribution is 2.43. The molecule has 5 rings (SSSR count). The first kappa shape index (κ1) is 25.1. The number of rotatable bonds is 7. The molecule has 2 fully saturated rings.